The van der Waals surface area contributed by atoms with E-state index in [9.17, 15) is 4.39 Å². The Morgan fingerprint density at radius 1 is 1.47 bits per heavy atom. The van der Waals surface area contributed by atoms with E-state index in [1.54, 1.807) is 12.1 Å². The third kappa shape index (κ3) is 4.51. The van der Waals surface area contributed by atoms with E-state index in [0.29, 0.717) is 17.1 Å². The molecule has 5 heteroatoms. The molecule has 2 nitrogen and oxygen atoms in total. The zero-order valence-corrected chi connectivity index (χ0v) is 10.4. The van der Waals surface area contributed by atoms with Crippen LogP contribution in [0.5, 0.6) is 0 Å². The molecule has 1 atom stereocenters. The van der Waals surface area contributed by atoms with E-state index in [2.05, 4.69) is 15.9 Å². The van der Waals surface area contributed by atoms with E-state index < -0.39 is 6.10 Å². The van der Waals surface area contributed by atoms with Crippen LogP contribution in [0.4, 0.5) is 4.39 Å². The minimum absolute atomic E-state index is 0.246. The molecular weight excluding hydrogens is 283 g/mol. The molecular formula is C10H12BrFO2S. The molecule has 1 rings (SSSR count). The fourth-order valence-corrected chi connectivity index (χ4v) is 2.36. The SMILES string of the molecule is OCC(O)CSCc1cc(Br)ccc1F. The van der Waals surface area contributed by atoms with Crippen molar-refractivity contribution in [2.45, 2.75) is 11.9 Å². The lowest BCUT2D eigenvalue weighted by atomic mass is 10.2. The molecule has 0 aromatic heterocycles. The second-order valence-corrected chi connectivity index (χ2v) is 5.03. The third-order valence-corrected chi connectivity index (χ3v) is 3.42. The number of benzene rings is 1. The van der Waals surface area contributed by atoms with Gasteiger partial charge < -0.3 is 10.2 Å². The highest BCUT2D eigenvalue weighted by Crippen LogP contribution is 2.20. The van der Waals surface area contributed by atoms with Crippen LogP contribution in [-0.4, -0.2) is 28.7 Å². The molecule has 0 bridgehead atoms. The molecule has 0 spiro atoms. The average Bonchev–Trinajstić information content (AvgIpc) is 2.23. The summed E-state index contributed by atoms with van der Waals surface area (Å²) in [7, 11) is 0. The second kappa shape index (κ2) is 6.48. The minimum atomic E-state index is -0.731. The Balaban J connectivity index is 2.46. The molecule has 1 aromatic rings. The highest BCUT2D eigenvalue weighted by molar-refractivity contribution is 9.10. The summed E-state index contributed by atoms with van der Waals surface area (Å²) in [5.74, 6) is 0.648. The van der Waals surface area contributed by atoms with Crippen molar-refractivity contribution in [1.29, 1.82) is 0 Å². The summed E-state index contributed by atoms with van der Waals surface area (Å²) < 4.78 is 14.1. The first-order valence-electron chi connectivity index (χ1n) is 4.44. The Bertz CT molecular complexity index is 322. The summed E-state index contributed by atoms with van der Waals surface area (Å²) in [6.07, 6.45) is -0.731. The number of halogens is 2. The summed E-state index contributed by atoms with van der Waals surface area (Å²) in [6.45, 7) is -0.256. The van der Waals surface area contributed by atoms with Crippen LogP contribution in [0.2, 0.25) is 0 Å². The molecule has 0 fully saturated rings. The lowest BCUT2D eigenvalue weighted by Crippen LogP contribution is -2.14. The highest BCUT2D eigenvalue weighted by Gasteiger charge is 2.05. The largest absolute Gasteiger partial charge is 0.394 e. The van der Waals surface area contributed by atoms with Gasteiger partial charge in [-0.2, -0.15) is 11.8 Å². The van der Waals surface area contributed by atoms with Crippen LogP contribution in [0.3, 0.4) is 0 Å². The minimum Gasteiger partial charge on any atom is -0.394 e. The lowest BCUT2D eigenvalue weighted by molar-refractivity contribution is 0.113. The summed E-state index contributed by atoms with van der Waals surface area (Å²) >= 11 is 4.66. The number of rotatable bonds is 5. The zero-order chi connectivity index (χ0) is 11.3. The van der Waals surface area contributed by atoms with Crippen LogP contribution >= 0.6 is 27.7 Å². The molecule has 2 N–H and O–H groups in total. The number of hydrogen-bond acceptors (Lipinski definition) is 3. The number of thioether (sulfide) groups is 1. The molecule has 0 aliphatic carbocycles. The quantitative estimate of drug-likeness (QED) is 0.874. The molecule has 0 aliphatic rings. The van der Waals surface area contributed by atoms with Gasteiger partial charge >= 0.3 is 0 Å². The van der Waals surface area contributed by atoms with Gasteiger partial charge in [0.1, 0.15) is 5.82 Å². The molecule has 84 valence electrons. The molecule has 0 radical (unpaired) electrons. The van der Waals surface area contributed by atoms with Crippen LogP contribution in [0, 0.1) is 5.82 Å². The third-order valence-electron chi connectivity index (χ3n) is 1.79. The summed E-state index contributed by atoms with van der Waals surface area (Å²) in [4.78, 5) is 0. The molecule has 0 heterocycles. The van der Waals surface area contributed by atoms with Crippen LogP contribution in [0.1, 0.15) is 5.56 Å². The maximum Gasteiger partial charge on any atom is 0.127 e. The fourth-order valence-electron chi connectivity index (χ4n) is 1.01. The molecule has 1 aromatic carbocycles. The number of hydrogen-bond donors (Lipinski definition) is 2. The van der Waals surface area contributed by atoms with Gasteiger partial charge in [-0.05, 0) is 23.8 Å². The van der Waals surface area contributed by atoms with Crippen molar-refractivity contribution in [2.24, 2.45) is 0 Å². The van der Waals surface area contributed by atoms with Crippen LogP contribution < -0.4 is 0 Å². The smallest absolute Gasteiger partial charge is 0.127 e. The van der Waals surface area contributed by atoms with Gasteiger partial charge in [0, 0.05) is 16.0 Å². The van der Waals surface area contributed by atoms with Gasteiger partial charge in [0.25, 0.3) is 0 Å². The summed E-state index contributed by atoms with van der Waals surface area (Å²) in [6, 6.07) is 4.77. The first-order chi connectivity index (χ1) is 7.13. The molecule has 0 aliphatic heterocycles. The first kappa shape index (κ1) is 13.0. The molecule has 0 saturated heterocycles. The Morgan fingerprint density at radius 2 is 2.20 bits per heavy atom. The van der Waals surface area contributed by atoms with Crippen molar-refractivity contribution in [3.63, 3.8) is 0 Å². The highest BCUT2D eigenvalue weighted by atomic mass is 79.9. The predicted octanol–water partition coefficient (Wildman–Crippen LogP) is 2.17. The zero-order valence-electron chi connectivity index (χ0n) is 7.99. The van der Waals surface area contributed by atoms with Crippen molar-refractivity contribution in [1.82, 2.24) is 0 Å². The van der Waals surface area contributed by atoms with Gasteiger partial charge in [-0.15, -0.1) is 0 Å². The molecule has 1 unspecified atom stereocenters. The average molecular weight is 295 g/mol. The second-order valence-electron chi connectivity index (χ2n) is 3.09. The van der Waals surface area contributed by atoms with Crippen LogP contribution in [-0.2, 0) is 5.75 Å². The maximum absolute atomic E-state index is 13.2. The summed E-state index contributed by atoms with van der Waals surface area (Å²) in [5.41, 5.74) is 0.597. The first-order valence-corrected chi connectivity index (χ1v) is 6.39. The van der Waals surface area contributed by atoms with E-state index in [1.807, 2.05) is 0 Å². The fraction of sp³-hybridized carbons (Fsp3) is 0.400. The standard InChI is InChI=1S/C10H12BrFO2S/c11-8-1-2-10(12)7(3-8)5-15-6-9(14)4-13/h1-3,9,13-14H,4-6H2. The predicted molar refractivity (Wildman–Crippen MR) is 63.4 cm³/mol. The Morgan fingerprint density at radius 3 is 2.87 bits per heavy atom. The van der Waals surface area contributed by atoms with Crippen LogP contribution in [0.25, 0.3) is 0 Å². The van der Waals surface area contributed by atoms with E-state index >= 15 is 0 Å². The topological polar surface area (TPSA) is 40.5 Å². The Hall–Kier alpha value is -0.100. The van der Waals surface area contributed by atoms with Gasteiger partial charge in [0.15, 0.2) is 0 Å². The van der Waals surface area contributed by atoms with Gasteiger partial charge in [0.05, 0.1) is 12.7 Å². The van der Waals surface area contributed by atoms with Crippen molar-refractivity contribution in [3.05, 3.63) is 34.1 Å². The molecule has 0 saturated carbocycles. The van der Waals surface area contributed by atoms with Crippen molar-refractivity contribution in [3.8, 4) is 0 Å². The molecule has 15 heavy (non-hydrogen) atoms. The van der Waals surface area contributed by atoms with Gasteiger partial charge in [-0.25, -0.2) is 4.39 Å². The van der Waals surface area contributed by atoms with E-state index in [4.69, 9.17) is 10.2 Å². The van der Waals surface area contributed by atoms with Crippen molar-refractivity contribution >= 4 is 27.7 Å². The monoisotopic (exact) mass is 294 g/mol. The lowest BCUT2D eigenvalue weighted by Gasteiger charge is -2.07. The Kier molecular flexibility index (Phi) is 5.60. The van der Waals surface area contributed by atoms with E-state index in [-0.39, 0.29) is 12.4 Å². The van der Waals surface area contributed by atoms with Crippen molar-refractivity contribution < 1.29 is 14.6 Å². The van der Waals surface area contributed by atoms with Crippen molar-refractivity contribution in [2.75, 3.05) is 12.4 Å². The van der Waals surface area contributed by atoms with E-state index in [1.165, 1.54) is 17.8 Å². The Labute approximate surface area is 101 Å². The summed E-state index contributed by atoms with van der Waals surface area (Å²) in [5, 5.41) is 17.7. The van der Waals surface area contributed by atoms with Gasteiger partial charge in [0.2, 0.25) is 0 Å². The van der Waals surface area contributed by atoms with Gasteiger partial charge in [-0.3, -0.25) is 0 Å². The normalized spacial score (nSPS) is 12.8. The maximum atomic E-state index is 13.2. The molecule has 0 amide bonds. The van der Waals surface area contributed by atoms with Crippen LogP contribution in [0.15, 0.2) is 22.7 Å². The number of aliphatic hydroxyl groups is 2. The number of aliphatic hydroxyl groups excluding tert-OH is 2. The van der Waals surface area contributed by atoms with E-state index in [0.717, 1.165) is 4.47 Å². The van der Waals surface area contributed by atoms with Gasteiger partial charge in [-0.1, -0.05) is 15.9 Å².